The molecule has 0 unspecified atom stereocenters. The molecule has 0 atom stereocenters. The average molecular weight is 468 g/mol. The van der Waals surface area contributed by atoms with Crippen LogP contribution in [0.1, 0.15) is 0 Å². The number of nitro groups is 1. The second kappa shape index (κ2) is 10.7. The molecule has 2 aromatic carbocycles. The molecule has 0 fully saturated rings. The van der Waals surface area contributed by atoms with E-state index in [1.54, 1.807) is 0 Å². The Morgan fingerprint density at radius 1 is 1.16 bits per heavy atom. The van der Waals surface area contributed by atoms with Gasteiger partial charge < -0.3 is 25.8 Å². The third-order valence-electron chi connectivity index (χ3n) is 4.29. The highest BCUT2D eigenvalue weighted by Gasteiger charge is 2.23. The van der Waals surface area contributed by atoms with Crippen LogP contribution < -0.4 is 20.7 Å². The van der Waals surface area contributed by atoms with E-state index in [-0.39, 0.29) is 41.7 Å². The molecular weight excluding hydrogens is 442 g/mol. The summed E-state index contributed by atoms with van der Waals surface area (Å²) in [6, 6.07) is 8.24. The molecule has 0 radical (unpaired) electrons. The molecule has 174 valence electrons. The van der Waals surface area contributed by atoms with Crippen LogP contribution in [0.4, 0.5) is 22.7 Å². The minimum Gasteiger partial charge on any atom is -0.495 e. The second-order valence-electron chi connectivity index (χ2n) is 6.69. The van der Waals surface area contributed by atoms with E-state index in [0.29, 0.717) is 11.4 Å². The zero-order valence-corrected chi connectivity index (χ0v) is 18.6. The number of benzene rings is 2. The lowest BCUT2D eigenvalue weighted by Crippen LogP contribution is -2.24. The number of amides is 1. The SMILES string of the molecule is COc1ccc(NC(=O)CNc2cc([N+](=O)[O-])ccc2NCCO)cc1S(=O)(=O)N(C)C. The summed E-state index contributed by atoms with van der Waals surface area (Å²) in [6.45, 7) is -0.184. The van der Waals surface area contributed by atoms with E-state index in [2.05, 4.69) is 16.0 Å². The number of nitro benzene ring substituents is 1. The maximum atomic E-state index is 12.5. The standard InChI is InChI=1S/C19H25N5O7S/c1-23(2)32(29,30)18-10-13(4-7-17(18)31-3)22-19(26)12-21-16-11-14(24(27)28)5-6-15(16)20-8-9-25/h4-7,10-11,20-21,25H,8-9,12H2,1-3H3,(H,22,26). The van der Waals surface area contributed by atoms with Crippen LogP contribution in [0.2, 0.25) is 0 Å². The van der Waals surface area contributed by atoms with E-state index in [4.69, 9.17) is 9.84 Å². The van der Waals surface area contributed by atoms with E-state index in [0.717, 1.165) is 4.31 Å². The minimum atomic E-state index is -3.81. The summed E-state index contributed by atoms with van der Waals surface area (Å²) in [5.41, 5.74) is 0.835. The summed E-state index contributed by atoms with van der Waals surface area (Å²) < 4.78 is 31.2. The molecule has 0 aliphatic rings. The van der Waals surface area contributed by atoms with E-state index < -0.39 is 20.9 Å². The number of carbonyl (C=O) groups is 1. The van der Waals surface area contributed by atoms with Crippen LogP contribution in [-0.4, -0.2) is 69.6 Å². The van der Waals surface area contributed by atoms with Gasteiger partial charge in [0.05, 0.1) is 36.6 Å². The summed E-state index contributed by atoms with van der Waals surface area (Å²) in [5, 5.41) is 28.3. The van der Waals surface area contributed by atoms with Crippen molar-refractivity contribution in [1.82, 2.24) is 4.31 Å². The number of ether oxygens (including phenoxy) is 1. The Kier molecular flexibility index (Phi) is 8.34. The number of aliphatic hydroxyl groups excluding tert-OH is 1. The van der Waals surface area contributed by atoms with Gasteiger partial charge in [-0.3, -0.25) is 14.9 Å². The number of sulfonamides is 1. The van der Waals surface area contributed by atoms with Crippen LogP contribution in [0, 0.1) is 10.1 Å². The molecule has 0 saturated carbocycles. The molecule has 12 nitrogen and oxygen atoms in total. The van der Waals surface area contributed by atoms with Crippen molar-refractivity contribution >= 4 is 38.7 Å². The number of methoxy groups -OCH3 is 1. The van der Waals surface area contributed by atoms with Gasteiger partial charge in [0.25, 0.3) is 5.69 Å². The van der Waals surface area contributed by atoms with Gasteiger partial charge in [0.15, 0.2) is 0 Å². The van der Waals surface area contributed by atoms with Gasteiger partial charge in [0.1, 0.15) is 10.6 Å². The highest BCUT2D eigenvalue weighted by atomic mass is 32.2. The maximum Gasteiger partial charge on any atom is 0.271 e. The number of nitrogens with one attached hydrogen (secondary N) is 3. The van der Waals surface area contributed by atoms with Gasteiger partial charge in [0.2, 0.25) is 15.9 Å². The quantitative estimate of drug-likeness (QED) is 0.282. The van der Waals surface area contributed by atoms with Crippen LogP contribution >= 0.6 is 0 Å². The minimum absolute atomic E-state index is 0.107. The fourth-order valence-electron chi connectivity index (χ4n) is 2.67. The lowest BCUT2D eigenvalue weighted by atomic mass is 10.2. The number of anilines is 3. The van der Waals surface area contributed by atoms with Crippen molar-refractivity contribution in [2.45, 2.75) is 4.90 Å². The maximum absolute atomic E-state index is 12.5. The van der Waals surface area contributed by atoms with Crippen molar-refractivity contribution in [3.8, 4) is 5.75 Å². The van der Waals surface area contributed by atoms with Crippen molar-refractivity contribution in [3.63, 3.8) is 0 Å². The molecule has 0 saturated heterocycles. The van der Waals surface area contributed by atoms with Crippen LogP contribution in [0.25, 0.3) is 0 Å². The Morgan fingerprint density at radius 2 is 1.88 bits per heavy atom. The third kappa shape index (κ3) is 6.06. The highest BCUT2D eigenvalue weighted by Crippen LogP contribution is 2.29. The van der Waals surface area contributed by atoms with Crippen molar-refractivity contribution in [2.24, 2.45) is 0 Å². The predicted molar refractivity (Wildman–Crippen MR) is 120 cm³/mol. The topological polar surface area (TPSA) is 163 Å². The summed E-state index contributed by atoms with van der Waals surface area (Å²) >= 11 is 0. The van der Waals surface area contributed by atoms with Crippen LogP contribution in [0.15, 0.2) is 41.3 Å². The molecule has 32 heavy (non-hydrogen) atoms. The molecule has 0 aliphatic heterocycles. The van der Waals surface area contributed by atoms with Crippen molar-refractivity contribution in [1.29, 1.82) is 0 Å². The van der Waals surface area contributed by atoms with E-state index >= 15 is 0 Å². The van der Waals surface area contributed by atoms with Crippen LogP contribution in [0.5, 0.6) is 5.75 Å². The molecule has 0 aromatic heterocycles. The fourth-order valence-corrected chi connectivity index (χ4v) is 3.75. The summed E-state index contributed by atoms with van der Waals surface area (Å²) in [4.78, 5) is 22.8. The summed E-state index contributed by atoms with van der Waals surface area (Å²) in [6.07, 6.45) is 0. The number of hydrogen-bond donors (Lipinski definition) is 4. The van der Waals surface area contributed by atoms with E-state index in [1.807, 2.05) is 0 Å². The first kappa shape index (κ1) is 24.8. The van der Waals surface area contributed by atoms with Gasteiger partial charge >= 0.3 is 0 Å². The van der Waals surface area contributed by atoms with E-state index in [9.17, 15) is 23.3 Å². The molecule has 4 N–H and O–H groups in total. The lowest BCUT2D eigenvalue weighted by Gasteiger charge is -2.16. The first-order valence-electron chi connectivity index (χ1n) is 9.37. The first-order valence-corrected chi connectivity index (χ1v) is 10.8. The third-order valence-corrected chi connectivity index (χ3v) is 6.12. The molecule has 0 aliphatic carbocycles. The molecule has 2 aromatic rings. The van der Waals surface area contributed by atoms with Crippen molar-refractivity contribution in [3.05, 3.63) is 46.5 Å². The number of rotatable bonds is 11. The average Bonchev–Trinajstić information content (AvgIpc) is 2.76. The molecule has 13 heteroatoms. The van der Waals surface area contributed by atoms with Gasteiger partial charge in [0, 0.05) is 38.5 Å². The van der Waals surface area contributed by atoms with Gasteiger partial charge in [-0.15, -0.1) is 0 Å². The Bertz CT molecular complexity index is 1090. The van der Waals surface area contributed by atoms with Crippen molar-refractivity contribution < 1.29 is 28.0 Å². The fraction of sp³-hybridized carbons (Fsp3) is 0.316. The van der Waals surface area contributed by atoms with Crippen LogP contribution in [0.3, 0.4) is 0 Å². The first-order chi connectivity index (χ1) is 15.1. The number of aliphatic hydroxyl groups is 1. The summed E-state index contributed by atoms with van der Waals surface area (Å²) in [7, 11) is 0.290. The van der Waals surface area contributed by atoms with Gasteiger partial charge in [-0.25, -0.2) is 12.7 Å². The Hall–Kier alpha value is -3.42. The number of nitrogens with zero attached hydrogens (tertiary/aromatic N) is 2. The highest BCUT2D eigenvalue weighted by molar-refractivity contribution is 7.89. The number of non-ortho nitro benzene ring substituents is 1. The monoisotopic (exact) mass is 467 g/mol. The second-order valence-corrected chi connectivity index (χ2v) is 8.81. The van der Waals surface area contributed by atoms with Gasteiger partial charge in [-0.2, -0.15) is 0 Å². The molecule has 2 rings (SSSR count). The Labute approximate surface area is 185 Å². The molecule has 0 heterocycles. The molecule has 1 amide bonds. The predicted octanol–water partition coefficient (Wildman–Crippen LogP) is 1.31. The Morgan fingerprint density at radius 3 is 2.47 bits per heavy atom. The number of hydrogen-bond acceptors (Lipinski definition) is 9. The largest absolute Gasteiger partial charge is 0.495 e. The molecular formula is C19H25N5O7S. The molecule has 0 bridgehead atoms. The lowest BCUT2D eigenvalue weighted by molar-refractivity contribution is -0.384. The zero-order valence-electron chi connectivity index (χ0n) is 17.8. The van der Waals surface area contributed by atoms with Crippen LogP contribution in [-0.2, 0) is 14.8 Å². The summed E-state index contributed by atoms with van der Waals surface area (Å²) in [5.74, 6) is -0.381. The molecule has 0 spiro atoms. The van der Waals surface area contributed by atoms with Gasteiger partial charge in [-0.1, -0.05) is 0 Å². The Balaban J connectivity index is 2.18. The zero-order chi connectivity index (χ0) is 23.9. The van der Waals surface area contributed by atoms with E-state index in [1.165, 1.54) is 57.6 Å². The normalized spacial score (nSPS) is 11.2. The smallest absolute Gasteiger partial charge is 0.271 e. The van der Waals surface area contributed by atoms with Gasteiger partial charge in [-0.05, 0) is 24.3 Å². The van der Waals surface area contributed by atoms with Crippen molar-refractivity contribution in [2.75, 3.05) is 56.9 Å². The number of carbonyl (C=O) groups excluding carboxylic acids is 1.